The molecule has 3 aromatic carbocycles. The van der Waals surface area contributed by atoms with E-state index >= 15 is 0 Å². The zero-order chi connectivity index (χ0) is 20.3. The summed E-state index contributed by atoms with van der Waals surface area (Å²) in [6.45, 7) is 3.01. The molecule has 0 radical (unpaired) electrons. The van der Waals surface area contributed by atoms with Crippen molar-refractivity contribution in [3.05, 3.63) is 102 Å². The number of benzene rings is 3. The molecular formula is C25H24O4. The lowest BCUT2D eigenvalue weighted by molar-refractivity contribution is -0.137. The fraction of sp³-hybridized carbons (Fsp3) is 0.160. The van der Waals surface area contributed by atoms with E-state index < -0.39 is 0 Å². The van der Waals surface area contributed by atoms with Crippen LogP contribution in [0.4, 0.5) is 0 Å². The van der Waals surface area contributed by atoms with E-state index in [2.05, 4.69) is 0 Å². The van der Waals surface area contributed by atoms with Crippen LogP contribution in [0.5, 0.6) is 11.5 Å². The molecule has 0 saturated carbocycles. The van der Waals surface area contributed by atoms with Crippen molar-refractivity contribution in [3.63, 3.8) is 0 Å². The van der Waals surface area contributed by atoms with Crippen LogP contribution in [-0.2, 0) is 22.7 Å². The Balaban J connectivity index is 1.75. The van der Waals surface area contributed by atoms with Crippen LogP contribution >= 0.6 is 0 Å². The summed E-state index contributed by atoms with van der Waals surface area (Å²) in [5.41, 5.74) is 2.93. The molecule has 0 N–H and O–H groups in total. The molecule has 3 rings (SSSR count). The van der Waals surface area contributed by atoms with E-state index in [0.29, 0.717) is 31.3 Å². The molecule has 0 atom stereocenters. The van der Waals surface area contributed by atoms with Gasteiger partial charge in [0.2, 0.25) is 0 Å². The Morgan fingerprint density at radius 1 is 0.828 bits per heavy atom. The lowest BCUT2D eigenvalue weighted by atomic mass is 10.1. The summed E-state index contributed by atoms with van der Waals surface area (Å²) in [5.74, 6) is 0.955. The predicted octanol–water partition coefficient (Wildman–Crippen LogP) is 5.42. The van der Waals surface area contributed by atoms with E-state index in [1.807, 2.05) is 78.9 Å². The van der Waals surface area contributed by atoms with Crippen LogP contribution in [0.25, 0.3) is 6.08 Å². The van der Waals surface area contributed by atoms with Crippen LogP contribution in [-0.4, -0.2) is 12.6 Å². The van der Waals surface area contributed by atoms with E-state index in [9.17, 15) is 4.79 Å². The number of hydrogen-bond acceptors (Lipinski definition) is 4. The fourth-order valence-corrected chi connectivity index (χ4v) is 2.69. The third-order valence-electron chi connectivity index (χ3n) is 4.16. The van der Waals surface area contributed by atoms with Gasteiger partial charge in [-0.25, -0.2) is 4.79 Å². The maximum atomic E-state index is 11.7. The van der Waals surface area contributed by atoms with Gasteiger partial charge in [-0.15, -0.1) is 0 Å². The second kappa shape index (κ2) is 10.7. The molecule has 3 aromatic rings. The maximum absolute atomic E-state index is 11.7. The summed E-state index contributed by atoms with van der Waals surface area (Å²) < 4.78 is 16.9. The molecule has 0 aliphatic rings. The molecule has 4 nitrogen and oxygen atoms in total. The van der Waals surface area contributed by atoms with Gasteiger partial charge in [-0.2, -0.15) is 0 Å². The van der Waals surface area contributed by atoms with Crippen LogP contribution < -0.4 is 9.47 Å². The second-order valence-electron chi connectivity index (χ2n) is 6.33. The van der Waals surface area contributed by atoms with E-state index in [4.69, 9.17) is 14.2 Å². The lowest BCUT2D eigenvalue weighted by Crippen LogP contribution is -2.00. The maximum Gasteiger partial charge on any atom is 0.330 e. The topological polar surface area (TPSA) is 44.8 Å². The Morgan fingerprint density at radius 3 is 2.07 bits per heavy atom. The van der Waals surface area contributed by atoms with Gasteiger partial charge in [0.1, 0.15) is 24.7 Å². The summed E-state index contributed by atoms with van der Waals surface area (Å²) in [7, 11) is 0. The smallest absolute Gasteiger partial charge is 0.330 e. The minimum absolute atomic E-state index is 0.340. The standard InChI is InChI=1S/C25H24O4/c1-2-27-25(26)16-14-22-13-15-23(28-18-20-9-5-3-6-10-20)17-24(22)29-19-21-11-7-4-8-12-21/h3-17H,2,18-19H2,1H3/b16-14+. The molecule has 148 valence electrons. The van der Waals surface area contributed by atoms with Crippen molar-refractivity contribution >= 4 is 12.0 Å². The molecule has 0 spiro atoms. The molecule has 0 aliphatic heterocycles. The zero-order valence-electron chi connectivity index (χ0n) is 16.4. The van der Waals surface area contributed by atoms with Crippen LogP contribution in [0.2, 0.25) is 0 Å². The third-order valence-corrected chi connectivity index (χ3v) is 4.16. The first-order chi connectivity index (χ1) is 14.2. The molecule has 0 amide bonds. The summed E-state index contributed by atoms with van der Waals surface area (Å²) in [6, 6.07) is 25.5. The van der Waals surface area contributed by atoms with Crippen LogP contribution in [0, 0.1) is 0 Å². The van der Waals surface area contributed by atoms with Gasteiger partial charge in [-0.1, -0.05) is 60.7 Å². The van der Waals surface area contributed by atoms with Gasteiger partial charge in [0, 0.05) is 17.7 Å². The van der Waals surface area contributed by atoms with Crippen LogP contribution in [0.15, 0.2) is 84.9 Å². The molecule has 0 bridgehead atoms. The minimum Gasteiger partial charge on any atom is -0.489 e. The van der Waals surface area contributed by atoms with Crippen molar-refractivity contribution in [1.29, 1.82) is 0 Å². The van der Waals surface area contributed by atoms with Crippen molar-refractivity contribution in [1.82, 2.24) is 0 Å². The van der Waals surface area contributed by atoms with Crippen LogP contribution in [0.3, 0.4) is 0 Å². The number of rotatable bonds is 9. The Bertz CT molecular complexity index is 934. The summed E-state index contributed by atoms with van der Waals surface area (Å²) in [4.78, 5) is 11.7. The Labute approximate surface area is 171 Å². The summed E-state index contributed by atoms with van der Waals surface area (Å²) in [5, 5.41) is 0. The zero-order valence-corrected chi connectivity index (χ0v) is 16.4. The summed E-state index contributed by atoms with van der Waals surface area (Å²) >= 11 is 0. The van der Waals surface area contributed by atoms with Gasteiger partial charge in [0.15, 0.2) is 0 Å². The van der Waals surface area contributed by atoms with Gasteiger partial charge >= 0.3 is 5.97 Å². The molecule has 0 fully saturated rings. The molecule has 0 saturated heterocycles. The molecular weight excluding hydrogens is 364 g/mol. The largest absolute Gasteiger partial charge is 0.489 e. The van der Waals surface area contributed by atoms with E-state index in [1.54, 1.807) is 13.0 Å². The molecule has 0 heterocycles. The molecule has 29 heavy (non-hydrogen) atoms. The van der Waals surface area contributed by atoms with Crippen molar-refractivity contribution in [3.8, 4) is 11.5 Å². The first kappa shape index (κ1) is 20.2. The molecule has 0 aliphatic carbocycles. The number of carbonyl (C=O) groups is 1. The molecule has 0 unspecified atom stereocenters. The van der Waals surface area contributed by atoms with Gasteiger partial charge < -0.3 is 14.2 Å². The highest BCUT2D eigenvalue weighted by molar-refractivity contribution is 5.87. The van der Waals surface area contributed by atoms with Gasteiger partial charge in [-0.3, -0.25) is 0 Å². The quantitative estimate of drug-likeness (QED) is 0.363. The Morgan fingerprint density at radius 2 is 1.45 bits per heavy atom. The van der Waals surface area contributed by atoms with E-state index in [0.717, 1.165) is 16.7 Å². The van der Waals surface area contributed by atoms with Crippen LogP contribution in [0.1, 0.15) is 23.6 Å². The Hall–Kier alpha value is -3.53. The van der Waals surface area contributed by atoms with Crippen molar-refractivity contribution in [2.75, 3.05) is 6.61 Å². The highest BCUT2D eigenvalue weighted by atomic mass is 16.5. The lowest BCUT2D eigenvalue weighted by Gasteiger charge is -2.13. The number of hydrogen-bond donors (Lipinski definition) is 0. The van der Waals surface area contributed by atoms with E-state index in [1.165, 1.54) is 6.08 Å². The second-order valence-corrected chi connectivity index (χ2v) is 6.33. The summed E-state index contributed by atoms with van der Waals surface area (Å²) in [6.07, 6.45) is 3.10. The molecule has 0 aromatic heterocycles. The highest BCUT2D eigenvalue weighted by Crippen LogP contribution is 2.27. The minimum atomic E-state index is -0.383. The average Bonchev–Trinajstić information content (AvgIpc) is 2.77. The predicted molar refractivity (Wildman–Crippen MR) is 114 cm³/mol. The van der Waals surface area contributed by atoms with Gasteiger partial charge in [0.25, 0.3) is 0 Å². The van der Waals surface area contributed by atoms with Crippen molar-refractivity contribution < 1.29 is 19.0 Å². The number of carbonyl (C=O) groups excluding carboxylic acids is 1. The normalized spacial score (nSPS) is 10.7. The van der Waals surface area contributed by atoms with Crippen molar-refractivity contribution in [2.24, 2.45) is 0 Å². The molecule has 4 heteroatoms. The first-order valence-electron chi connectivity index (χ1n) is 9.57. The van der Waals surface area contributed by atoms with Gasteiger partial charge in [0.05, 0.1) is 6.61 Å². The first-order valence-corrected chi connectivity index (χ1v) is 9.57. The van der Waals surface area contributed by atoms with Crippen molar-refractivity contribution in [2.45, 2.75) is 20.1 Å². The average molecular weight is 388 g/mol. The Kier molecular flexibility index (Phi) is 7.47. The highest BCUT2D eigenvalue weighted by Gasteiger charge is 2.07. The SMILES string of the molecule is CCOC(=O)/C=C/c1ccc(OCc2ccccc2)cc1OCc1ccccc1. The van der Waals surface area contributed by atoms with E-state index in [-0.39, 0.29) is 5.97 Å². The van der Waals surface area contributed by atoms with Gasteiger partial charge in [-0.05, 0) is 36.3 Å². The number of ether oxygens (including phenoxy) is 3. The fourth-order valence-electron chi connectivity index (χ4n) is 2.69. The third kappa shape index (κ3) is 6.54. The number of esters is 1. The monoisotopic (exact) mass is 388 g/mol.